The Kier molecular flexibility index (Phi) is 5.23. The molecule has 4 heteroatoms. The van der Waals surface area contributed by atoms with Crippen molar-refractivity contribution < 1.29 is 8.42 Å². The third-order valence-electron chi connectivity index (χ3n) is 3.88. The zero-order valence-corrected chi connectivity index (χ0v) is 13.8. The fourth-order valence-electron chi connectivity index (χ4n) is 2.51. The van der Waals surface area contributed by atoms with Crippen LogP contribution in [0.3, 0.4) is 0 Å². The van der Waals surface area contributed by atoms with Crippen molar-refractivity contribution in [1.29, 1.82) is 0 Å². The van der Waals surface area contributed by atoms with Crippen LogP contribution in [0.15, 0.2) is 53.0 Å². The number of terminal acetylenes is 1. The molecule has 1 aliphatic rings. The second kappa shape index (κ2) is 6.95. The average Bonchev–Trinajstić information content (AvgIpc) is 2.53. The first-order chi connectivity index (χ1) is 10.5. The van der Waals surface area contributed by atoms with Gasteiger partial charge in [0.2, 0.25) is 10.0 Å². The number of sulfonamides is 1. The summed E-state index contributed by atoms with van der Waals surface area (Å²) in [6.45, 7) is 3.89. The molecule has 2 rings (SSSR count). The number of aryl methyl sites for hydroxylation is 1. The maximum absolute atomic E-state index is 12.9. The van der Waals surface area contributed by atoms with Crippen LogP contribution in [0.1, 0.15) is 25.3 Å². The Bertz CT molecular complexity index is 721. The molecule has 1 aliphatic carbocycles. The van der Waals surface area contributed by atoms with Crippen molar-refractivity contribution in [3.05, 3.63) is 53.6 Å². The van der Waals surface area contributed by atoms with Crippen LogP contribution < -0.4 is 0 Å². The second-order valence-electron chi connectivity index (χ2n) is 5.43. The van der Waals surface area contributed by atoms with Crippen LogP contribution in [0.2, 0.25) is 0 Å². The normalized spacial score (nSPS) is 16.2. The van der Waals surface area contributed by atoms with E-state index < -0.39 is 10.0 Å². The van der Waals surface area contributed by atoms with Crippen molar-refractivity contribution in [1.82, 2.24) is 4.31 Å². The molecular weight excluding hydrogens is 294 g/mol. The van der Waals surface area contributed by atoms with Crippen molar-refractivity contribution in [2.75, 3.05) is 6.54 Å². The predicted molar refractivity (Wildman–Crippen MR) is 89.8 cm³/mol. The van der Waals surface area contributed by atoms with Gasteiger partial charge in [0.1, 0.15) is 0 Å². The van der Waals surface area contributed by atoms with E-state index in [1.807, 2.05) is 13.8 Å². The van der Waals surface area contributed by atoms with Crippen LogP contribution in [0, 0.1) is 19.3 Å². The van der Waals surface area contributed by atoms with E-state index in [0.29, 0.717) is 0 Å². The van der Waals surface area contributed by atoms with Gasteiger partial charge >= 0.3 is 0 Å². The van der Waals surface area contributed by atoms with Crippen LogP contribution in [0.4, 0.5) is 0 Å². The summed E-state index contributed by atoms with van der Waals surface area (Å²) < 4.78 is 27.2. The number of nitrogens with zero attached hydrogens (tertiary/aromatic N) is 1. The molecule has 0 amide bonds. The Hall–Kier alpha value is -1.83. The molecule has 1 aromatic carbocycles. The van der Waals surface area contributed by atoms with Gasteiger partial charge in [-0.05, 0) is 38.8 Å². The molecule has 0 bridgehead atoms. The van der Waals surface area contributed by atoms with Gasteiger partial charge in [-0.3, -0.25) is 0 Å². The van der Waals surface area contributed by atoms with Gasteiger partial charge in [-0.15, -0.1) is 6.42 Å². The van der Waals surface area contributed by atoms with Crippen molar-refractivity contribution in [3.8, 4) is 12.3 Å². The largest absolute Gasteiger partial charge is 0.244 e. The maximum atomic E-state index is 12.9. The van der Waals surface area contributed by atoms with E-state index in [4.69, 9.17) is 6.42 Å². The summed E-state index contributed by atoms with van der Waals surface area (Å²) in [5, 5.41) is 0. The lowest BCUT2D eigenvalue weighted by Gasteiger charge is -2.29. The minimum absolute atomic E-state index is 0.0679. The predicted octanol–water partition coefficient (Wildman–Crippen LogP) is 3.28. The van der Waals surface area contributed by atoms with Gasteiger partial charge < -0.3 is 0 Å². The van der Waals surface area contributed by atoms with Gasteiger partial charge in [0.05, 0.1) is 11.4 Å². The lowest BCUT2D eigenvalue weighted by molar-refractivity contribution is 0.396. The van der Waals surface area contributed by atoms with Crippen LogP contribution in [-0.2, 0) is 10.0 Å². The molecule has 0 N–H and O–H groups in total. The Balaban J connectivity index is 2.36. The molecule has 0 spiro atoms. The maximum Gasteiger partial charge on any atom is 0.244 e. The van der Waals surface area contributed by atoms with Gasteiger partial charge in [-0.2, -0.15) is 4.31 Å². The fourth-order valence-corrected chi connectivity index (χ4v) is 4.06. The summed E-state index contributed by atoms with van der Waals surface area (Å²) >= 11 is 0. The molecule has 1 unspecified atom stereocenters. The van der Waals surface area contributed by atoms with E-state index in [-0.39, 0.29) is 17.5 Å². The topological polar surface area (TPSA) is 37.4 Å². The standard InChI is InChI=1S/C18H21NO2S/c1-4-14-19(16(3)17-8-6-5-7-9-17)22(20,21)18-12-10-15(2)11-13-18/h1,5-6,9-13,16H,7-8,14H2,2-3H3. The molecule has 0 heterocycles. The molecule has 0 radical (unpaired) electrons. The first-order valence-electron chi connectivity index (χ1n) is 7.32. The zero-order valence-electron chi connectivity index (χ0n) is 13.0. The van der Waals surface area contributed by atoms with E-state index >= 15 is 0 Å². The molecule has 0 aromatic heterocycles. The molecule has 0 saturated carbocycles. The van der Waals surface area contributed by atoms with E-state index in [1.54, 1.807) is 24.3 Å². The first-order valence-corrected chi connectivity index (χ1v) is 8.76. The van der Waals surface area contributed by atoms with Crippen molar-refractivity contribution >= 4 is 10.0 Å². The first kappa shape index (κ1) is 16.5. The minimum Gasteiger partial charge on any atom is -0.207 e. The van der Waals surface area contributed by atoms with Gasteiger partial charge in [-0.25, -0.2) is 8.42 Å². The lowest BCUT2D eigenvalue weighted by atomic mass is 10.00. The number of allylic oxidation sites excluding steroid dienone is 3. The van der Waals surface area contributed by atoms with Gasteiger partial charge in [0, 0.05) is 6.04 Å². The molecule has 1 atom stereocenters. The Morgan fingerprint density at radius 3 is 2.50 bits per heavy atom. The minimum atomic E-state index is -3.60. The molecular formula is C18H21NO2S. The molecule has 116 valence electrons. The molecule has 0 saturated heterocycles. The van der Waals surface area contributed by atoms with E-state index in [9.17, 15) is 8.42 Å². The van der Waals surface area contributed by atoms with Crippen molar-refractivity contribution in [2.24, 2.45) is 0 Å². The molecule has 0 aliphatic heterocycles. The SMILES string of the molecule is C#CCN(C(C)C1=CCC=CC1)S(=O)(=O)c1ccc(C)cc1. The van der Waals surface area contributed by atoms with Crippen LogP contribution >= 0.6 is 0 Å². The van der Waals surface area contributed by atoms with E-state index in [1.165, 1.54) is 4.31 Å². The summed E-state index contributed by atoms with van der Waals surface area (Å²) in [6.07, 6.45) is 13.2. The van der Waals surface area contributed by atoms with Crippen LogP contribution in [0.25, 0.3) is 0 Å². The molecule has 0 fully saturated rings. The fraction of sp³-hybridized carbons (Fsp3) is 0.333. The van der Waals surface area contributed by atoms with Crippen molar-refractivity contribution in [2.45, 2.75) is 37.6 Å². The lowest BCUT2D eigenvalue weighted by Crippen LogP contribution is -2.40. The summed E-state index contributed by atoms with van der Waals surface area (Å²) in [5.74, 6) is 2.48. The van der Waals surface area contributed by atoms with Crippen LogP contribution in [-0.4, -0.2) is 25.3 Å². The highest BCUT2D eigenvalue weighted by Gasteiger charge is 2.30. The summed E-state index contributed by atoms with van der Waals surface area (Å²) in [4.78, 5) is 0.284. The summed E-state index contributed by atoms with van der Waals surface area (Å²) in [6, 6.07) is 6.63. The monoisotopic (exact) mass is 315 g/mol. The average molecular weight is 315 g/mol. The van der Waals surface area contributed by atoms with Gasteiger partial charge in [-0.1, -0.05) is 47.4 Å². The van der Waals surface area contributed by atoms with Gasteiger partial charge in [0.15, 0.2) is 0 Å². The van der Waals surface area contributed by atoms with Crippen LogP contribution in [0.5, 0.6) is 0 Å². The summed E-state index contributed by atoms with van der Waals surface area (Å²) in [5.41, 5.74) is 2.11. The highest BCUT2D eigenvalue weighted by Crippen LogP contribution is 2.25. The number of benzene rings is 1. The number of hydrogen-bond donors (Lipinski definition) is 0. The Morgan fingerprint density at radius 1 is 1.27 bits per heavy atom. The smallest absolute Gasteiger partial charge is 0.207 e. The van der Waals surface area contributed by atoms with E-state index in [0.717, 1.165) is 24.0 Å². The Labute approximate surface area is 133 Å². The second-order valence-corrected chi connectivity index (χ2v) is 7.32. The Morgan fingerprint density at radius 2 is 1.95 bits per heavy atom. The molecule has 1 aromatic rings. The zero-order chi connectivity index (χ0) is 16.2. The molecule has 3 nitrogen and oxygen atoms in total. The van der Waals surface area contributed by atoms with E-state index in [2.05, 4.69) is 24.1 Å². The molecule has 22 heavy (non-hydrogen) atoms. The van der Waals surface area contributed by atoms with Crippen molar-refractivity contribution in [3.63, 3.8) is 0 Å². The number of hydrogen-bond acceptors (Lipinski definition) is 2. The third-order valence-corrected chi connectivity index (χ3v) is 5.81. The quantitative estimate of drug-likeness (QED) is 0.618. The number of rotatable bonds is 5. The highest BCUT2D eigenvalue weighted by atomic mass is 32.2. The van der Waals surface area contributed by atoms with Gasteiger partial charge in [0.25, 0.3) is 0 Å². The summed E-state index contributed by atoms with van der Waals surface area (Å²) in [7, 11) is -3.60. The highest BCUT2D eigenvalue weighted by molar-refractivity contribution is 7.89. The third kappa shape index (κ3) is 3.49.